The molecule has 0 N–H and O–H groups in total. The molecule has 0 radical (unpaired) electrons. The molecule has 1 aliphatic heterocycles. The summed E-state index contributed by atoms with van der Waals surface area (Å²) in [6, 6.07) is 22.3. The van der Waals surface area contributed by atoms with E-state index in [9.17, 15) is 14.9 Å². The topological polar surface area (TPSA) is 82.9 Å². The number of anilines is 1. The molecule has 0 spiro atoms. The Morgan fingerprint density at radius 1 is 1.13 bits per heavy atom. The van der Waals surface area contributed by atoms with Gasteiger partial charge >= 0.3 is 5.97 Å². The summed E-state index contributed by atoms with van der Waals surface area (Å²) in [5, 5.41) is 9.58. The second-order valence-corrected chi connectivity index (χ2v) is 9.66. The van der Waals surface area contributed by atoms with Gasteiger partial charge in [0.05, 0.1) is 24.4 Å². The van der Waals surface area contributed by atoms with Gasteiger partial charge in [-0.1, -0.05) is 53.2 Å². The summed E-state index contributed by atoms with van der Waals surface area (Å²) < 4.78 is 11.7. The molecule has 1 fully saturated rings. The maximum Gasteiger partial charge on any atom is 0.325 e. The van der Waals surface area contributed by atoms with Gasteiger partial charge in [-0.25, -0.2) is 0 Å². The number of carbonyl (C=O) groups is 2. The van der Waals surface area contributed by atoms with Crippen molar-refractivity contribution in [3.05, 3.63) is 99.2 Å². The predicted octanol–water partition coefficient (Wildman–Crippen LogP) is 5.61. The van der Waals surface area contributed by atoms with E-state index in [1.54, 1.807) is 24.3 Å². The summed E-state index contributed by atoms with van der Waals surface area (Å²) in [5.74, 6) is -0.409. The fourth-order valence-electron chi connectivity index (χ4n) is 3.96. The van der Waals surface area contributed by atoms with Crippen LogP contribution in [-0.4, -0.2) is 35.5 Å². The molecule has 0 saturated carbocycles. The van der Waals surface area contributed by atoms with Crippen molar-refractivity contribution < 1.29 is 19.1 Å². The number of halogens is 1. The Morgan fingerprint density at radius 3 is 2.55 bits per heavy atom. The van der Waals surface area contributed by atoms with Crippen molar-refractivity contribution in [3.8, 4) is 11.8 Å². The number of nitrogens with zero attached hydrogens (tertiary/aromatic N) is 3. The van der Waals surface area contributed by atoms with E-state index in [-0.39, 0.29) is 29.9 Å². The molecule has 0 aromatic heterocycles. The van der Waals surface area contributed by atoms with Crippen LogP contribution in [0, 0.1) is 11.3 Å². The summed E-state index contributed by atoms with van der Waals surface area (Å²) >= 11 is 9.14. The number of carbonyl (C=O) groups excluding carboxylic acids is 2. The summed E-state index contributed by atoms with van der Waals surface area (Å²) in [6.07, 6.45) is 2.51. The Kier molecular flexibility index (Phi) is 8.56. The third kappa shape index (κ3) is 5.77. The number of ether oxygens (including phenoxy) is 2. The van der Waals surface area contributed by atoms with Crippen LogP contribution in [-0.2, 0) is 27.4 Å². The molecule has 3 aromatic rings. The number of hydrogen-bond donors (Lipinski definition) is 0. The minimum absolute atomic E-state index is 0.162. The Labute approximate surface area is 235 Å². The van der Waals surface area contributed by atoms with Crippen LogP contribution in [0.15, 0.2) is 76.9 Å². The number of benzene rings is 3. The van der Waals surface area contributed by atoms with Crippen LogP contribution >= 0.6 is 28.1 Å². The molecule has 1 heterocycles. The van der Waals surface area contributed by atoms with Crippen LogP contribution in [0.4, 0.5) is 5.69 Å². The minimum atomic E-state index is -0.534. The molecule has 4 rings (SSSR count). The van der Waals surface area contributed by atoms with E-state index >= 15 is 0 Å². The van der Waals surface area contributed by atoms with E-state index in [0.29, 0.717) is 22.6 Å². The summed E-state index contributed by atoms with van der Waals surface area (Å²) in [5.41, 5.74) is 3.80. The Hall–Kier alpha value is -4.00. The lowest BCUT2D eigenvalue weighted by Crippen LogP contribution is -2.35. The van der Waals surface area contributed by atoms with Crippen molar-refractivity contribution in [1.29, 1.82) is 5.26 Å². The van der Waals surface area contributed by atoms with Crippen LogP contribution < -0.4 is 9.64 Å². The maximum atomic E-state index is 13.7. The van der Waals surface area contributed by atoms with Crippen molar-refractivity contribution in [3.63, 3.8) is 0 Å². The molecule has 192 valence electrons. The SMILES string of the molecule is CCc1ccc(N2C(=O)/C(=C/c3cc(Br)ccc3OCc3ccccc3C#N)N(CC(=O)OC)C2=S)cc1. The van der Waals surface area contributed by atoms with E-state index in [0.717, 1.165) is 22.0 Å². The second kappa shape index (κ2) is 12.0. The number of thiocarbonyl (C=S) groups is 1. The monoisotopic (exact) mass is 589 g/mol. The Balaban J connectivity index is 1.73. The molecule has 0 bridgehead atoms. The van der Waals surface area contributed by atoms with Gasteiger partial charge in [0, 0.05) is 15.6 Å². The molecular formula is C29H24BrN3O4S. The quantitative estimate of drug-likeness (QED) is 0.192. The summed E-state index contributed by atoms with van der Waals surface area (Å²) in [6.45, 7) is 1.99. The first-order chi connectivity index (χ1) is 18.4. The zero-order valence-corrected chi connectivity index (χ0v) is 23.2. The van der Waals surface area contributed by atoms with Gasteiger partial charge in [0.1, 0.15) is 24.6 Å². The largest absolute Gasteiger partial charge is 0.488 e. The zero-order chi connectivity index (χ0) is 27.2. The molecule has 38 heavy (non-hydrogen) atoms. The first-order valence-corrected chi connectivity index (χ1v) is 13.0. The molecule has 3 aromatic carbocycles. The van der Waals surface area contributed by atoms with Gasteiger partial charge in [0.25, 0.3) is 5.91 Å². The van der Waals surface area contributed by atoms with Crippen LogP contribution in [0.5, 0.6) is 5.75 Å². The lowest BCUT2D eigenvalue weighted by Gasteiger charge is -2.19. The third-order valence-corrected chi connectivity index (χ3v) is 6.93. The van der Waals surface area contributed by atoms with Crippen molar-refractivity contribution in [2.75, 3.05) is 18.6 Å². The third-order valence-electron chi connectivity index (χ3n) is 6.04. The normalized spacial score (nSPS) is 14.1. The average Bonchev–Trinajstić information content (AvgIpc) is 3.16. The molecule has 7 nitrogen and oxygen atoms in total. The highest BCUT2D eigenvalue weighted by Crippen LogP contribution is 2.33. The van der Waals surface area contributed by atoms with Crippen molar-refractivity contribution in [2.45, 2.75) is 20.0 Å². The Morgan fingerprint density at radius 2 is 1.87 bits per heavy atom. The van der Waals surface area contributed by atoms with Crippen molar-refractivity contribution >= 4 is 56.9 Å². The molecule has 0 aliphatic carbocycles. The smallest absolute Gasteiger partial charge is 0.325 e. The fraction of sp³-hybridized carbons (Fsp3) is 0.172. The van der Waals surface area contributed by atoms with Crippen LogP contribution in [0.2, 0.25) is 0 Å². The van der Waals surface area contributed by atoms with Gasteiger partial charge in [-0.05, 0) is 66.7 Å². The average molecular weight is 590 g/mol. The molecule has 1 saturated heterocycles. The fourth-order valence-corrected chi connectivity index (χ4v) is 4.69. The van der Waals surface area contributed by atoms with Crippen LogP contribution in [0.1, 0.15) is 29.2 Å². The maximum absolute atomic E-state index is 13.7. The number of amides is 1. The number of esters is 1. The van der Waals surface area contributed by atoms with Crippen molar-refractivity contribution in [1.82, 2.24) is 4.90 Å². The summed E-state index contributed by atoms with van der Waals surface area (Å²) in [7, 11) is 1.28. The van der Waals surface area contributed by atoms with Gasteiger partial charge in [-0.2, -0.15) is 5.26 Å². The first-order valence-electron chi connectivity index (χ1n) is 11.8. The highest BCUT2D eigenvalue weighted by atomic mass is 79.9. The van der Waals surface area contributed by atoms with E-state index in [4.69, 9.17) is 21.7 Å². The molecule has 0 unspecified atom stereocenters. The molecule has 1 amide bonds. The lowest BCUT2D eigenvalue weighted by molar-refractivity contribution is -0.140. The molecule has 1 aliphatic rings. The number of aryl methyl sites for hydroxylation is 1. The van der Waals surface area contributed by atoms with Gasteiger partial charge in [0.15, 0.2) is 5.11 Å². The standard InChI is InChI=1S/C29H24BrN3O4S/c1-3-19-8-11-24(12-9-19)33-28(35)25(32(29(33)38)17-27(34)36-2)15-22-14-23(30)10-13-26(22)37-18-21-7-5-4-6-20(21)16-31/h4-15H,3,17-18H2,1-2H3/b25-15-. The van der Waals surface area contributed by atoms with E-state index in [1.165, 1.54) is 16.9 Å². The lowest BCUT2D eigenvalue weighted by atomic mass is 10.1. The highest BCUT2D eigenvalue weighted by Gasteiger charge is 2.40. The summed E-state index contributed by atoms with van der Waals surface area (Å²) in [4.78, 5) is 28.8. The van der Waals surface area contributed by atoms with Gasteiger partial charge in [0.2, 0.25) is 0 Å². The van der Waals surface area contributed by atoms with Crippen LogP contribution in [0.3, 0.4) is 0 Å². The number of rotatable bonds is 8. The second-order valence-electron chi connectivity index (χ2n) is 8.37. The first kappa shape index (κ1) is 27.0. The highest BCUT2D eigenvalue weighted by molar-refractivity contribution is 9.10. The van der Waals surface area contributed by atoms with Crippen molar-refractivity contribution in [2.24, 2.45) is 0 Å². The van der Waals surface area contributed by atoms with Gasteiger partial charge in [-0.3, -0.25) is 14.5 Å². The number of methoxy groups -OCH3 is 1. The molecular weight excluding hydrogens is 566 g/mol. The zero-order valence-electron chi connectivity index (χ0n) is 20.8. The minimum Gasteiger partial charge on any atom is -0.488 e. The van der Waals surface area contributed by atoms with Gasteiger partial charge in [-0.15, -0.1) is 0 Å². The van der Waals surface area contributed by atoms with E-state index < -0.39 is 5.97 Å². The van der Waals surface area contributed by atoms with Gasteiger partial charge < -0.3 is 14.4 Å². The number of hydrogen-bond acceptors (Lipinski definition) is 6. The van der Waals surface area contributed by atoms with E-state index in [2.05, 4.69) is 28.9 Å². The Bertz CT molecular complexity index is 1460. The van der Waals surface area contributed by atoms with E-state index in [1.807, 2.05) is 48.5 Å². The molecule has 9 heteroatoms. The predicted molar refractivity (Wildman–Crippen MR) is 152 cm³/mol. The number of nitriles is 1. The molecule has 0 atom stereocenters. The van der Waals surface area contributed by atoms with Crippen LogP contribution in [0.25, 0.3) is 6.08 Å².